The summed E-state index contributed by atoms with van der Waals surface area (Å²) >= 11 is 5.97. The Bertz CT molecular complexity index is 731. The van der Waals surface area contributed by atoms with E-state index in [1.54, 1.807) is 25.3 Å². The molecule has 3 rings (SSSR count). The number of methoxy groups -OCH3 is 1. The van der Waals surface area contributed by atoms with Crippen molar-refractivity contribution in [1.82, 2.24) is 20.1 Å². The fourth-order valence-electron chi connectivity index (χ4n) is 2.73. The zero-order valence-electron chi connectivity index (χ0n) is 13.5. The predicted octanol–water partition coefficient (Wildman–Crippen LogP) is 2.00. The fraction of sp³-hybridized carbons (Fsp3) is 0.438. The maximum Gasteiger partial charge on any atom is 0.239 e. The van der Waals surface area contributed by atoms with Crippen LogP contribution >= 0.6 is 11.6 Å². The lowest BCUT2D eigenvalue weighted by Crippen LogP contribution is -2.31. The topological polar surface area (TPSA) is 81.1 Å². The molecule has 2 heterocycles. The van der Waals surface area contributed by atoms with Crippen molar-refractivity contribution in [3.8, 4) is 5.75 Å². The normalized spacial score (nSPS) is 13.2. The number of aromatic nitrogens is 3. The minimum atomic E-state index is -0.134. The zero-order valence-corrected chi connectivity index (χ0v) is 14.3. The number of ether oxygens (including phenoxy) is 1. The first-order valence-electron chi connectivity index (χ1n) is 7.92. The molecule has 0 unspecified atom stereocenters. The van der Waals surface area contributed by atoms with E-state index in [1.165, 1.54) is 0 Å². The Labute approximate surface area is 145 Å². The molecule has 0 bridgehead atoms. The van der Waals surface area contributed by atoms with Crippen LogP contribution in [0.15, 0.2) is 18.2 Å². The number of hydrogen-bond acceptors (Lipinski definition) is 5. The Morgan fingerprint density at radius 1 is 1.38 bits per heavy atom. The monoisotopic (exact) mass is 349 g/mol. The number of nitrogens with zero attached hydrogens (tertiary/aromatic N) is 3. The van der Waals surface area contributed by atoms with Gasteiger partial charge in [0.25, 0.3) is 0 Å². The van der Waals surface area contributed by atoms with E-state index in [0.29, 0.717) is 23.0 Å². The molecule has 1 aromatic heterocycles. The highest BCUT2D eigenvalue weighted by Gasteiger charge is 2.16. The molecular formula is C16H20ClN5O2. The molecule has 0 atom stereocenters. The second kappa shape index (κ2) is 7.53. The van der Waals surface area contributed by atoms with Gasteiger partial charge in [-0.25, -0.2) is 0 Å². The standard InChI is InChI=1S/C16H20ClN5O2/c1-24-13-6-5-11(17)8-12(13)18-10-16(23)19-9-15-21-20-14-4-2-3-7-22(14)15/h5-6,8,18H,2-4,7,9-10H2,1H3,(H,19,23). The van der Waals surface area contributed by atoms with E-state index < -0.39 is 0 Å². The molecule has 2 N–H and O–H groups in total. The molecule has 1 aliphatic rings. The highest BCUT2D eigenvalue weighted by molar-refractivity contribution is 6.30. The molecule has 2 aromatic rings. The number of carbonyl (C=O) groups excluding carboxylic acids is 1. The van der Waals surface area contributed by atoms with Gasteiger partial charge < -0.3 is 19.9 Å². The Hall–Kier alpha value is -2.28. The van der Waals surface area contributed by atoms with Gasteiger partial charge in [0.1, 0.15) is 11.6 Å². The molecule has 1 aromatic carbocycles. The van der Waals surface area contributed by atoms with E-state index in [9.17, 15) is 4.79 Å². The van der Waals surface area contributed by atoms with Gasteiger partial charge in [0.2, 0.25) is 5.91 Å². The summed E-state index contributed by atoms with van der Waals surface area (Å²) in [5, 5.41) is 14.8. The number of aryl methyl sites for hydroxylation is 1. The van der Waals surface area contributed by atoms with Crippen LogP contribution in [0, 0.1) is 0 Å². The Kier molecular flexibility index (Phi) is 5.20. The summed E-state index contributed by atoms with van der Waals surface area (Å²) in [6, 6.07) is 5.22. The van der Waals surface area contributed by atoms with Crippen LogP contribution in [-0.2, 0) is 24.3 Å². The van der Waals surface area contributed by atoms with E-state index in [4.69, 9.17) is 16.3 Å². The van der Waals surface area contributed by atoms with Crippen molar-refractivity contribution in [1.29, 1.82) is 0 Å². The van der Waals surface area contributed by atoms with E-state index >= 15 is 0 Å². The molecule has 0 aliphatic carbocycles. The number of amides is 1. The fourth-order valence-corrected chi connectivity index (χ4v) is 2.91. The molecule has 8 heteroatoms. The lowest BCUT2D eigenvalue weighted by molar-refractivity contribution is -0.119. The molecule has 0 radical (unpaired) electrons. The third-order valence-corrected chi connectivity index (χ3v) is 4.22. The molecule has 7 nitrogen and oxygen atoms in total. The molecule has 1 aliphatic heterocycles. The first kappa shape index (κ1) is 16.6. The van der Waals surface area contributed by atoms with Crippen molar-refractivity contribution in [2.45, 2.75) is 32.4 Å². The number of halogens is 1. The zero-order chi connectivity index (χ0) is 16.9. The first-order valence-corrected chi connectivity index (χ1v) is 8.30. The number of nitrogens with one attached hydrogen (secondary N) is 2. The van der Waals surface area contributed by atoms with Crippen molar-refractivity contribution in [3.05, 3.63) is 34.9 Å². The van der Waals surface area contributed by atoms with Crippen molar-refractivity contribution >= 4 is 23.2 Å². The summed E-state index contributed by atoms with van der Waals surface area (Å²) in [5.74, 6) is 2.31. The van der Waals surface area contributed by atoms with Crippen LogP contribution < -0.4 is 15.4 Å². The van der Waals surface area contributed by atoms with Gasteiger partial charge in [-0.1, -0.05) is 11.6 Å². The molecule has 1 amide bonds. The SMILES string of the molecule is COc1ccc(Cl)cc1NCC(=O)NCc1nnc2n1CCCC2. The Balaban J connectivity index is 1.53. The third-order valence-electron chi connectivity index (χ3n) is 3.98. The van der Waals surface area contributed by atoms with Gasteiger partial charge in [-0.3, -0.25) is 4.79 Å². The van der Waals surface area contributed by atoms with Gasteiger partial charge in [0.05, 0.1) is 25.9 Å². The average Bonchev–Trinajstić information content (AvgIpc) is 3.01. The minimum Gasteiger partial charge on any atom is -0.495 e. The lowest BCUT2D eigenvalue weighted by Gasteiger charge is -2.15. The largest absolute Gasteiger partial charge is 0.495 e. The van der Waals surface area contributed by atoms with Crippen LogP contribution in [0.3, 0.4) is 0 Å². The van der Waals surface area contributed by atoms with Crippen LogP contribution in [0.1, 0.15) is 24.5 Å². The molecule has 0 saturated heterocycles. The highest BCUT2D eigenvalue weighted by Crippen LogP contribution is 2.27. The number of anilines is 1. The van der Waals surface area contributed by atoms with Gasteiger partial charge in [0.15, 0.2) is 5.82 Å². The predicted molar refractivity (Wildman–Crippen MR) is 91.3 cm³/mol. The summed E-state index contributed by atoms with van der Waals surface area (Å²) in [5.41, 5.74) is 0.681. The number of fused-ring (bicyclic) bond motifs is 1. The maximum absolute atomic E-state index is 12.1. The lowest BCUT2D eigenvalue weighted by atomic mass is 10.2. The summed E-state index contributed by atoms with van der Waals surface area (Å²) < 4.78 is 7.33. The third kappa shape index (κ3) is 3.79. The van der Waals surface area contributed by atoms with Crippen molar-refractivity contribution < 1.29 is 9.53 Å². The second-order valence-electron chi connectivity index (χ2n) is 5.62. The van der Waals surface area contributed by atoms with E-state index in [2.05, 4.69) is 25.4 Å². The Morgan fingerprint density at radius 2 is 2.25 bits per heavy atom. The summed E-state index contributed by atoms with van der Waals surface area (Å²) in [6.45, 7) is 1.42. The van der Waals surface area contributed by atoms with Gasteiger partial charge in [-0.05, 0) is 31.0 Å². The number of benzene rings is 1. The van der Waals surface area contributed by atoms with Gasteiger partial charge in [-0.2, -0.15) is 0 Å². The average molecular weight is 350 g/mol. The van der Waals surface area contributed by atoms with E-state index in [0.717, 1.165) is 37.5 Å². The smallest absolute Gasteiger partial charge is 0.239 e. The minimum absolute atomic E-state index is 0.123. The molecule has 0 fully saturated rings. The van der Waals surface area contributed by atoms with Crippen LogP contribution in [-0.4, -0.2) is 34.3 Å². The van der Waals surface area contributed by atoms with Crippen LogP contribution in [0.2, 0.25) is 5.02 Å². The van der Waals surface area contributed by atoms with Crippen molar-refractivity contribution in [2.75, 3.05) is 19.0 Å². The maximum atomic E-state index is 12.1. The second-order valence-corrected chi connectivity index (χ2v) is 6.05. The van der Waals surface area contributed by atoms with Crippen LogP contribution in [0.25, 0.3) is 0 Å². The van der Waals surface area contributed by atoms with Crippen LogP contribution in [0.5, 0.6) is 5.75 Å². The van der Waals surface area contributed by atoms with Gasteiger partial charge >= 0.3 is 0 Å². The molecule has 24 heavy (non-hydrogen) atoms. The van der Waals surface area contributed by atoms with Crippen LogP contribution in [0.4, 0.5) is 5.69 Å². The van der Waals surface area contributed by atoms with E-state index in [-0.39, 0.29) is 12.5 Å². The van der Waals surface area contributed by atoms with Gasteiger partial charge in [-0.15, -0.1) is 10.2 Å². The van der Waals surface area contributed by atoms with Gasteiger partial charge in [0, 0.05) is 18.0 Å². The number of carbonyl (C=O) groups is 1. The summed E-state index contributed by atoms with van der Waals surface area (Å²) in [7, 11) is 1.57. The highest BCUT2D eigenvalue weighted by atomic mass is 35.5. The van der Waals surface area contributed by atoms with Crippen molar-refractivity contribution in [3.63, 3.8) is 0 Å². The molecule has 0 saturated carbocycles. The quantitative estimate of drug-likeness (QED) is 0.833. The molecule has 0 spiro atoms. The summed E-state index contributed by atoms with van der Waals surface area (Å²) in [4.78, 5) is 12.1. The Morgan fingerprint density at radius 3 is 3.08 bits per heavy atom. The molecule has 128 valence electrons. The number of hydrogen-bond donors (Lipinski definition) is 2. The summed E-state index contributed by atoms with van der Waals surface area (Å²) in [6.07, 6.45) is 3.23. The van der Waals surface area contributed by atoms with Crippen molar-refractivity contribution in [2.24, 2.45) is 0 Å². The number of rotatable bonds is 6. The molecular weight excluding hydrogens is 330 g/mol. The van der Waals surface area contributed by atoms with E-state index in [1.807, 2.05) is 0 Å². The first-order chi connectivity index (χ1) is 11.7.